The molecular weight excluding hydrogens is 394 g/mol. The summed E-state index contributed by atoms with van der Waals surface area (Å²) in [6, 6.07) is 23.1. The molecule has 0 aromatic heterocycles. The molecule has 0 saturated carbocycles. The largest absolute Gasteiger partial charge is 0.507 e. The van der Waals surface area contributed by atoms with Crippen molar-refractivity contribution in [1.29, 1.82) is 0 Å². The summed E-state index contributed by atoms with van der Waals surface area (Å²) in [4.78, 5) is 26.9. The number of aryl methyl sites for hydroxylation is 1. The second-order valence-corrected chi connectivity index (χ2v) is 8.24. The van der Waals surface area contributed by atoms with Crippen molar-refractivity contribution in [3.8, 4) is 5.75 Å². The van der Waals surface area contributed by atoms with Gasteiger partial charge in [0, 0.05) is 5.56 Å². The molecular formula is C25H21NO3S. The van der Waals surface area contributed by atoms with Crippen LogP contribution in [0.4, 0.5) is 4.79 Å². The van der Waals surface area contributed by atoms with Gasteiger partial charge >= 0.3 is 0 Å². The molecule has 1 aliphatic rings. The van der Waals surface area contributed by atoms with Gasteiger partial charge in [0.1, 0.15) is 5.75 Å². The minimum atomic E-state index is -0.332. The van der Waals surface area contributed by atoms with Crippen LogP contribution in [0.25, 0.3) is 6.08 Å². The highest BCUT2D eigenvalue weighted by Gasteiger charge is 2.35. The summed E-state index contributed by atoms with van der Waals surface area (Å²) in [7, 11) is 0. The predicted molar refractivity (Wildman–Crippen MR) is 120 cm³/mol. The Balaban J connectivity index is 1.57. The summed E-state index contributed by atoms with van der Waals surface area (Å²) in [6.07, 6.45) is 2.32. The van der Waals surface area contributed by atoms with Crippen LogP contribution >= 0.6 is 11.8 Å². The zero-order chi connectivity index (χ0) is 21.1. The Morgan fingerprint density at radius 3 is 2.43 bits per heavy atom. The molecule has 0 unspecified atom stereocenters. The third kappa shape index (κ3) is 4.31. The lowest BCUT2D eigenvalue weighted by molar-refractivity contribution is -0.123. The van der Waals surface area contributed by atoms with E-state index in [2.05, 4.69) is 0 Å². The van der Waals surface area contributed by atoms with E-state index in [-0.39, 0.29) is 23.4 Å². The van der Waals surface area contributed by atoms with Gasteiger partial charge in [-0.15, -0.1) is 0 Å². The van der Waals surface area contributed by atoms with Crippen molar-refractivity contribution in [2.75, 3.05) is 0 Å². The molecule has 0 spiro atoms. The van der Waals surface area contributed by atoms with Gasteiger partial charge in [-0.2, -0.15) is 0 Å². The number of hydrogen-bond donors (Lipinski definition) is 1. The van der Waals surface area contributed by atoms with Crippen LogP contribution in [-0.2, 0) is 17.8 Å². The van der Waals surface area contributed by atoms with Gasteiger partial charge in [-0.05, 0) is 65.6 Å². The number of phenolic OH excluding ortho intramolecular Hbond substituents is 1. The molecule has 3 aromatic carbocycles. The van der Waals surface area contributed by atoms with E-state index in [9.17, 15) is 14.7 Å². The Morgan fingerprint density at radius 1 is 0.933 bits per heavy atom. The number of rotatable bonds is 5. The van der Waals surface area contributed by atoms with Crippen LogP contribution < -0.4 is 0 Å². The first-order valence-corrected chi connectivity index (χ1v) is 10.5. The standard InChI is InChI=1S/C25H21NO3S/c1-17-7-5-6-10-20(17)16-26-24(28)23(30-25(26)29)15-21-14-19(11-12-22(21)27)13-18-8-3-2-4-9-18/h2-12,14-15,27H,13,16H2,1H3/b23-15-. The quantitative estimate of drug-likeness (QED) is 0.557. The monoisotopic (exact) mass is 415 g/mol. The summed E-state index contributed by atoms with van der Waals surface area (Å²) in [5.74, 6) is -0.251. The Bertz CT molecular complexity index is 1140. The number of phenols is 1. The topological polar surface area (TPSA) is 57.6 Å². The molecule has 5 heteroatoms. The van der Waals surface area contributed by atoms with Gasteiger partial charge in [0.05, 0.1) is 11.4 Å². The highest BCUT2D eigenvalue weighted by molar-refractivity contribution is 8.18. The summed E-state index contributed by atoms with van der Waals surface area (Å²) in [6.45, 7) is 2.20. The molecule has 4 rings (SSSR count). The predicted octanol–water partition coefficient (Wildman–Crippen LogP) is 5.53. The Hall–Kier alpha value is -3.31. The number of aromatic hydroxyl groups is 1. The second kappa shape index (κ2) is 8.59. The van der Waals surface area contributed by atoms with Crippen LogP contribution in [0, 0.1) is 6.92 Å². The molecule has 30 heavy (non-hydrogen) atoms. The summed E-state index contributed by atoms with van der Waals surface area (Å²) in [5.41, 5.74) is 4.68. The van der Waals surface area contributed by atoms with Gasteiger partial charge < -0.3 is 5.11 Å². The van der Waals surface area contributed by atoms with Crippen molar-refractivity contribution in [2.24, 2.45) is 0 Å². The molecule has 1 aliphatic heterocycles. The summed E-state index contributed by atoms with van der Waals surface area (Å²) < 4.78 is 0. The number of carbonyl (C=O) groups is 2. The lowest BCUT2D eigenvalue weighted by Crippen LogP contribution is -2.27. The lowest BCUT2D eigenvalue weighted by atomic mass is 10.0. The Labute approximate surface area is 179 Å². The number of hydrogen-bond acceptors (Lipinski definition) is 4. The van der Waals surface area contributed by atoms with Crippen LogP contribution in [-0.4, -0.2) is 21.2 Å². The average molecular weight is 416 g/mol. The molecule has 0 atom stereocenters. The molecule has 4 nitrogen and oxygen atoms in total. The highest BCUT2D eigenvalue weighted by Crippen LogP contribution is 2.35. The summed E-state index contributed by atoms with van der Waals surface area (Å²) in [5, 5.41) is 9.99. The van der Waals surface area contributed by atoms with Crippen molar-refractivity contribution in [3.63, 3.8) is 0 Å². The van der Waals surface area contributed by atoms with Crippen molar-refractivity contribution in [1.82, 2.24) is 4.90 Å². The molecule has 0 bridgehead atoms. The van der Waals surface area contributed by atoms with Gasteiger partial charge in [-0.3, -0.25) is 14.5 Å². The minimum absolute atomic E-state index is 0.0810. The van der Waals surface area contributed by atoms with Crippen LogP contribution in [0.5, 0.6) is 5.75 Å². The molecule has 150 valence electrons. The number of benzene rings is 3. The molecule has 0 aliphatic carbocycles. The number of thioether (sulfide) groups is 1. The van der Waals surface area contributed by atoms with E-state index in [1.807, 2.05) is 73.7 Å². The van der Waals surface area contributed by atoms with Gasteiger partial charge in [0.25, 0.3) is 11.1 Å². The van der Waals surface area contributed by atoms with Crippen molar-refractivity contribution < 1.29 is 14.7 Å². The van der Waals surface area contributed by atoms with E-state index in [0.717, 1.165) is 40.4 Å². The van der Waals surface area contributed by atoms with Gasteiger partial charge in [-0.1, -0.05) is 60.7 Å². The summed E-state index contributed by atoms with van der Waals surface area (Å²) >= 11 is 0.908. The lowest BCUT2D eigenvalue weighted by Gasteiger charge is -2.14. The molecule has 0 radical (unpaired) electrons. The fraction of sp³-hybridized carbons (Fsp3) is 0.120. The Kier molecular flexibility index (Phi) is 5.72. The van der Waals surface area contributed by atoms with Crippen LogP contribution in [0.15, 0.2) is 77.7 Å². The van der Waals surface area contributed by atoms with Crippen molar-refractivity contribution in [3.05, 3.63) is 106 Å². The molecule has 1 saturated heterocycles. The first-order chi connectivity index (χ1) is 14.5. The molecule has 1 heterocycles. The maximum Gasteiger partial charge on any atom is 0.293 e. The zero-order valence-corrected chi connectivity index (χ0v) is 17.4. The average Bonchev–Trinajstić information content (AvgIpc) is 3.00. The number of carbonyl (C=O) groups excluding carboxylic acids is 2. The molecule has 2 amide bonds. The first kappa shape index (κ1) is 20.0. The zero-order valence-electron chi connectivity index (χ0n) is 16.5. The molecule has 3 aromatic rings. The van der Waals surface area contributed by atoms with Crippen LogP contribution in [0.3, 0.4) is 0 Å². The van der Waals surface area contributed by atoms with Crippen molar-refractivity contribution >= 4 is 29.0 Å². The van der Waals surface area contributed by atoms with Gasteiger partial charge in [-0.25, -0.2) is 0 Å². The Morgan fingerprint density at radius 2 is 1.67 bits per heavy atom. The van der Waals surface area contributed by atoms with Gasteiger partial charge in [0.2, 0.25) is 0 Å². The van der Waals surface area contributed by atoms with E-state index < -0.39 is 0 Å². The fourth-order valence-electron chi connectivity index (χ4n) is 3.40. The third-order valence-corrected chi connectivity index (χ3v) is 6.00. The normalized spacial score (nSPS) is 15.2. The first-order valence-electron chi connectivity index (χ1n) is 9.67. The maximum absolute atomic E-state index is 12.9. The van der Waals surface area contributed by atoms with Crippen molar-refractivity contribution in [2.45, 2.75) is 19.9 Å². The van der Waals surface area contributed by atoms with E-state index in [0.29, 0.717) is 10.5 Å². The van der Waals surface area contributed by atoms with E-state index in [4.69, 9.17) is 0 Å². The number of amides is 2. The van der Waals surface area contributed by atoms with E-state index in [1.54, 1.807) is 12.1 Å². The van der Waals surface area contributed by atoms with E-state index >= 15 is 0 Å². The minimum Gasteiger partial charge on any atom is -0.507 e. The number of nitrogens with zero attached hydrogens (tertiary/aromatic N) is 1. The maximum atomic E-state index is 12.9. The van der Waals surface area contributed by atoms with Crippen LogP contribution in [0.2, 0.25) is 0 Å². The fourth-order valence-corrected chi connectivity index (χ4v) is 4.23. The smallest absolute Gasteiger partial charge is 0.293 e. The highest BCUT2D eigenvalue weighted by atomic mass is 32.2. The van der Waals surface area contributed by atoms with Gasteiger partial charge in [0.15, 0.2) is 0 Å². The SMILES string of the molecule is Cc1ccccc1CN1C(=O)S/C(=C\c2cc(Cc3ccccc3)ccc2O)C1=O. The number of imide groups is 1. The third-order valence-electron chi connectivity index (χ3n) is 5.09. The van der Waals surface area contributed by atoms with E-state index in [1.165, 1.54) is 4.90 Å². The second-order valence-electron chi connectivity index (χ2n) is 7.25. The van der Waals surface area contributed by atoms with Crippen LogP contribution in [0.1, 0.15) is 27.8 Å². The molecule has 1 fully saturated rings. The molecule has 1 N–H and O–H groups in total.